The molecule has 1 aliphatic rings. The number of rotatable bonds is 6. The molecule has 0 bridgehead atoms. The Morgan fingerprint density at radius 1 is 1.15 bits per heavy atom. The van der Waals surface area contributed by atoms with E-state index in [1.54, 1.807) is 0 Å². The van der Waals surface area contributed by atoms with Crippen molar-refractivity contribution in [2.24, 2.45) is 0 Å². The molecule has 0 fully saturated rings. The zero-order valence-corrected chi connectivity index (χ0v) is 16.5. The summed E-state index contributed by atoms with van der Waals surface area (Å²) in [5.74, 6) is 0.00112. The van der Waals surface area contributed by atoms with Gasteiger partial charge in [-0.15, -0.1) is 0 Å². The number of amides is 2. The van der Waals surface area contributed by atoms with Crippen molar-refractivity contribution in [3.63, 3.8) is 0 Å². The summed E-state index contributed by atoms with van der Waals surface area (Å²) in [7, 11) is 0. The average molecular weight is 360 g/mol. The number of benzene rings is 1. The van der Waals surface area contributed by atoms with E-state index < -0.39 is 11.7 Å². The van der Waals surface area contributed by atoms with E-state index in [1.807, 2.05) is 27.7 Å². The molecule has 0 saturated heterocycles. The van der Waals surface area contributed by atoms with E-state index in [0.29, 0.717) is 19.4 Å². The van der Waals surface area contributed by atoms with Gasteiger partial charge in [-0.25, -0.2) is 4.79 Å². The molecule has 0 heterocycles. The third kappa shape index (κ3) is 6.70. The molecular formula is C21H32N2O3. The quantitative estimate of drug-likeness (QED) is 0.752. The van der Waals surface area contributed by atoms with Crippen LogP contribution in [0.5, 0.6) is 0 Å². The molecule has 0 aromatic heterocycles. The summed E-state index contributed by atoms with van der Waals surface area (Å²) >= 11 is 0. The minimum Gasteiger partial charge on any atom is -0.444 e. The molecule has 0 spiro atoms. The van der Waals surface area contributed by atoms with Crippen LogP contribution in [0.3, 0.4) is 0 Å². The van der Waals surface area contributed by atoms with Gasteiger partial charge in [0, 0.05) is 13.0 Å². The van der Waals surface area contributed by atoms with Crippen LogP contribution in [0.15, 0.2) is 18.2 Å². The minimum atomic E-state index is -0.508. The first kappa shape index (κ1) is 20.3. The summed E-state index contributed by atoms with van der Waals surface area (Å²) in [5.41, 5.74) is 3.53. The first-order valence-electron chi connectivity index (χ1n) is 9.62. The fraction of sp³-hybridized carbons (Fsp3) is 0.619. The molecule has 1 aliphatic carbocycles. The molecule has 1 aromatic rings. The molecule has 1 atom stereocenters. The first-order valence-corrected chi connectivity index (χ1v) is 9.62. The van der Waals surface area contributed by atoms with Crippen molar-refractivity contribution in [1.29, 1.82) is 0 Å². The Labute approximate surface area is 156 Å². The van der Waals surface area contributed by atoms with Crippen LogP contribution in [-0.2, 0) is 22.4 Å². The highest BCUT2D eigenvalue weighted by atomic mass is 16.6. The van der Waals surface area contributed by atoms with Crippen molar-refractivity contribution in [2.45, 2.75) is 77.9 Å². The zero-order chi connectivity index (χ0) is 19.2. The average Bonchev–Trinajstić information content (AvgIpc) is 2.56. The van der Waals surface area contributed by atoms with Crippen LogP contribution in [-0.4, -0.2) is 24.1 Å². The zero-order valence-electron chi connectivity index (χ0n) is 16.5. The molecule has 5 nitrogen and oxygen atoms in total. The van der Waals surface area contributed by atoms with Gasteiger partial charge in [0.05, 0.1) is 6.04 Å². The topological polar surface area (TPSA) is 67.4 Å². The summed E-state index contributed by atoms with van der Waals surface area (Å²) in [5, 5.41) is 5.72. The van der Waals surface area contributed by atoms with Crippen LogP contribution in [0.2, 0.25) is 0 Å². The maximum absolute atomic E-state index is 12.1. The van der Waals surface area contributed by atoms with Crippen molar-refractivity contribution >= 4 is 12.0 Å². The smallest absolute Gasteiger partial charge is 0.407 e. The van der Waals surface area contributed by atoms with Gasteiger partial charge >= 0.3 is 6.09 Å². The van der Waals surface area contributed by atoms with E-state index >= 15 is 0 Å². The van der Waals surface area contributed by atoms with E-state index in [0.717, 1.165) is 12.0 Å². The molecule has 144 valence electrons. The van der Waals surface area contributed by atoms with Gasteiger partial charge < -0.3 is 15.4 Å². The van der Waals surface area contributed by atoms with Crippen LogP contribution >= 0.6 is 0 Å². The van der Waals surface area contributed by atoms with Gasteiger partial charge in [-0.1, -0.05) is 18.2 Å². The van der Waals surface area contributed by atoms with Crippen molar-refractivity contribution in [3.05, 3.63) is 34.9 Å². The second-order valence-corrected chi connectivity index (χ2v) is 8.06. The normalized spacial score (nSPS) is 14.9. The second-order valence-electron chi connectivity index (χ2n) is 8.06. The van der Waals surface area contributed by atoms with E-state index in [-0.39, 0.29) is 11.9 Å². The number of nitrogens with one attached hydrogen (secondary N) is 2. The number of fused-ring (bicyclic) bond motifs is 1. The van der Waals surface area contributed by atoms with Crippen LogP contribution < -0.4 is 10.6 Å². The lowest BCUT2D eigenvalue weighted by Gasteiger charge is -2.20. The van der Waals surface area contributed by atoms with Crippen molar-refractivity contribution in [1.82, 2.24) is 10.6 Å². The first-order chi connectivity index (χ1) is 12.2. The van der Waals surface area contributed by atoms with Crippen molar-refractivity contribution in [2.75, 3.05) is 6.54 Å². The van der Waals surface area contributed by atoms with E-state index in [9.17, 15) is 9.59 Å². The third-order valence-corrected chi connectivity index (χ3v) is 4.50. The Hall–Kier alpha value is -2.04. The summed E-state index contributed by atoms with van der Waals surface area (Å²) < 4.78 is 5.16. The summed E-state index contributed by atoms with van der Waals surface area (Å²) in [6, 6.07) is 6.56. The van der Waals surface area contributed by atoms with Crippen LogP contribution in [0, 0.1) is 0 Å². The number of carbonyl (C=O) groups is 2. The second kappa shape index (κ2) is 9.06. The molecule has 1 aromatic carbocycles. The monoisotopic (exact) mass is 360 g/mol. The number of ether oxygens (including phenoxy) is 1. The summed E-state index contributed by atoms with van der Waals surface area (Å²) in [6.45, 7) is 7.91. The lowest BCUT2D eigenvalue weighted by molar-refractivity contribution is -0.121. The Morgan fingerprint density at radius 3 is 2.54 bits per heavy atom. The van der Waals surface area contributed by atoms with Gasteiger partial charge in [0.2, 0.25) is 5.91 Å². The number of carbonyl (C=O) groups excluding carboxylic acids is 2. The highest BCUT2D eigenvalue weighted by Crippen LogP contribution is 2.24. The van der Waals surface area contributed by atoms with Gasteiger partial charge in [-0.3, -0.25) is 4.79 Å². The molecular weight excluding hydrogens is 328 g/mol. The Kier molecular flexibility index (Phi) is 7.06. The fourth-order valence-corrected chi connectivity index (χ4v) is 3.17. The standard InChI is InChI=1S/C21H32N2O3/c1-15(17-12-11-16-8-5-6-9-18(16)14-17)23-19(24)10-7-13-22-20(25)26-21(2,3)4/h11-12,14-15H,5-10,13H2,1-4H3,(H,22,25)(H,23,24)/t15-/m1/s1. The van der Waals surface area contributed by atoms with Gasteiger partial charge in [-0.2, -0.15) is 0 Å². The molecule has 0 unspecified atom stereocenters. The minimum absolute atomic E-state index is 0.00112. The van der Waals surface area contributed by atoms with E-state index in [1.165, 1.54) is 30.4 Å². The molecule has 0 saturated carbocycles. The van der Waals surface area contributed by atoms with Crippen LogP contribution in [0.4, 0.5) is 4.79 Å². The molecule has 2 amide bonds. The molecule has 5 heteroatoms. The highest BCUT2D eigenvalue weighted by molar-refractivity contribution is 5.76. The number of hydrogen-bond acceptors (Lipinski definition) is 3. The molecule has 2 N–H and O–H groups in total. The Balaban J connectivity index is 1.71. The SMILES string of the molecule is C[C@@H](NC(=O)CCCNC(=O)OC(C)(C)C)c1ccc2c(c1)CCCC2. The molecule has 0 aliphatic heterocycles. The number of hydrogen-bond donors (Lipinski definition) is 2. The van der Waals surface area contributed by atoms with Crippen molar-refractivity contribution < 1.29 is 14.3 Å². The fourth-order valence-electron chi connectivity index (χ4n) is 3.17. The predicted octanol–water partition coefficient (Wildman–Crippen LogP) is 4.05. The largest absolute Gasteiger partial charge is 0.444 e. The van der Waals surface area contributed by atoms with E-state index in [4.69, 9.17) is 4.74 Å². The van der Waals surface area contributed by atoms with Crippen molar-refractivity contribution in [3.8, 4) is 0 Å². The maximum atomic E-state index is 12.1. The lowest BCUT2D eigenvalue weighted by Crippen LogP contribution is -2.33. The van der Waals surface area contributed by atoms with Gasteiger partial charge in [0.15, 0.2) is 0 Å². The number of aryl methyl sites for hydroxylation is 2. The highest BCUT2D eigenvalue weighted by Gasteiger charge is 2.16. The van der Waals surface area contributed by atoms with Gasteiger partial charge in [0.1, 0.15) is 5.60 Å². The van der Waals surface area contributed by atoms with Crippen LogP contribution in [0.25, 0.3) is 0 Å². The van der Waals surface area contributed by atoms with Crippen LogP contribution in [0.1, 0.15) is 76.1 Å². The maximum Gasteiger partial charge on any atom is 0.407 e. The molecule has 2 rings (SSSR count). The van der Waals surface area contributed by atoms with Gasteiger partial charge in [0.25, 0.3) is 0 Å². The molecule has 26 heavy (non-hydrogen) atoms. The number of alkyl carbamates (subject to hydrolysis) is 1. The third-order valence-electron chi connectivity index (χ3n) is 4.50. The lowest BCUT2D eigenvalue weighted by atomic mass is 9.89. The molecule has 0 radical (unpaired) electrons. The summed E-state index contributed by atoms with van der Waals surface area (Å²) in [6.07, 6.45) is 5.35. The van der Waals surface area contributed by atoms with E-state index in [2.05, 4.69) is 28.8 Å². The Morgan fingerprint density at radius 2 is 1.85 bits per heavy atom. The van der Waals surface area contributed by atoms with Gasteiger partial charge in [-0.05, 0) is 76.5 Å². The Bertz CT molecular complexity index is 635. The predicted molar refractivity (Wildman–Crippen MR) is 103 cm³/mol. The summed E-state index contributed by atoms with van der Waals surface area (Å²) in [4.78, 5) is 23.7.